The first-order valence-corrected chi connectivity index (χ1v) is 10.8. The van der Waals surface area contributed by atoms with Gasteiger partial charge in [-0.2, -0.15) is 0 Å². The quantitative estimate of drug-likeness (QED) is 0.693. The van der Waals surface area contributed by atoms with E-state index in [1.807, 2.05) is 36.1 Å². The predicted molar refractivity (Wildman–Crippen MR) is 117 cm³/mol. The monoisotopic (exact) mass is 426 g/mol. The number of hydrogen-bond donors (Lipinski definition) is 2. The van der Waals surface area contributed by atoms with Crippen LogP contribution >= 0.6 is 11.8 Å². The Labute approximate surface area is 180 Å². The SMILES string of the molecule is CC(=O)Nc1ccc(S[C@@H](C)C(=O)NC2CCN(C(=O)c3ccncc3)CC2)cc1. The third-order valence-electron chi connectivity index (χ3n) is 4.91. The van der Waals surface area contributed by atoms with Gasteiger partial charge in [-0.3, -0.25) is 19.4 Å². The molecule has 2 heterocycles. The lowest BCUT2D eigenvalue weighted by Gasteiger charge is -2.33. The molecule has 3 amide bonds. The highest BCUT2D eigenvalue weighted by Gasteiger charge is 2.26. The second-order valence-electron chi connectivity index (χ2n) is 7.28. The fourth-order valence-corrected chi connectivity index (χ4v) is 4.18. The first-order chi connectivity index (χ1) is 14.4. The van der Waals surface area contributed by atoms with Crippen LogP contribution in [0.25, 0.3) is 0 Å². The van der Waals surface area contributed by atoms with E-state index in [9.17, 15) is 14.4 Å². The van der Waals surface area contributed by atoms with Crippen LogP contribution in [0.1, 0.15) is 37.0 Å². The Morgan fingerprint density at radius 3 is 2.30 bits per heavy atom. The number of nitrogens with zero attached hydrogens (tertiary/aromatic N) is 2. The summed E-state index contributed by atoms with van der Waals surface area (Å²) in [6.07, 6.45) is 4.72. The molecule has 3 rings (SSSR count). The lowest BCUT2D eigenvalue weighted by molar-refractivity contribution is -0.121. The summed E-state index contributed by atoms with van der Waals surface area (Å²) in [6.45, 7) is 4.59. The second kappa shape index (κ2) is 10.2. The molecule has 2 N–H and O–H groups in total. The fraction of sp³-hybridized carbons (Fsp3) is 0.364. The number of benzene rings is 1. The minimum absolute atomic E-state index is 0.00816. The minimum Gasteiger partial charge on any atom is -0.352 e. The molecule has 1 aromatic heterocycles. The van der Waals surface area contributed by atoms with Crippen molar-refractivity contribution in [2.24, 2.45) is 0 Å². The minimum atomic E-state index is -0.243. The smallest absolute Gasteiger partial charge is 0.253 e. The van der Waals surface area contributed by atoms with E-state index in [0.29, 0.717) is 18.7 Å². The van der Waals surface area contributed by atoms with Crippen molar-refractivity contribution in [3.8, 4) is 0 Å². The van der Waals surface area contributed by atoms with Crippen LogP contribution in [0.4, 0.5) is 5.69 Å². The standard InChI is InChI=1S/C22H26N4O3S/c1-15(30-20-5-3-18(4-6-20)24-16(2)27)21(28)25-19-9-13-26(14-10-19)22(29)17-7-11-23-12-8-17/h3-8,11-12,15,19H,9-10,13-14H2,1-2H3,(H,24,27)(H,25,28)/t15-/m0/s1. The van der Waals surface area contributed by atoms with Gasteiger partial charge >= 0.3 is 0 Å². The zero-order valence-corrected chi connectivity index (χ0v) is 17.9. The molecule has 1 aliphatic rings. The lowest BCUT2D eigenvalue weighted by atomic mass is 10.0. The molecular formula is C22H26N4O3S. The normalized spacial score (nSPS) is 15.3. The van der Waals surface area contributed by atoms with Gasteiger partial charge in [0.05, 0.1) is 5.25 Å². The molecule has 158 valence electrons. The van der Waals surface area contributed by atoms with E-state index in [-0.39, 0.29) is 29.0 Å². The number of aromatic nitrogens is 1. The average molecular weight is 427 g/mol. The Balaban J connectivity index is 1.45. The number of carbonyl (C=O) groups is 3. The number of pyridine rings is 1. The summed E-state index contributed by atoms with van der Waals surface area (Å²) >= 11 is 1.48. The van der Waals surface area contributed by atoms with Crippen molar-refractivity contribution in [2.75, 3.05) is 18.4 Å². The van der Waals surface area contributed by atoms with E-state index >= 15 is 0 Å². The highest BCUT2D eigenvalue weighted by molar-refractivity contribution is 8.00. The first kappa shape index (κ1) is 21.8. The Bertz CT molecular complexity index is 881. The van der Waals surface area contributed by atoms with Gasteiger partial charge in [0.25, 0.3) is 5.91 Å². The maximum atomic E-state index is 12.6. The van der Waals surface area contributed by atoms with E-state index in [1.165, 1.54) is 18.7 Å². The van der Waals surface area contributed by atoms with Gasteiger partial charge in [0.2, 0.25) is 11.8 Å². The van der Waals surface area contributed by atoms with Crippen molar-refractivity contribution in [3.63, 3.8) is 0 Å². The van der Waals surface area contributed by atoms with Crippen LogP contribution in [0.2, 0.25) is 0 Å². The molecule has 2 aromatic rings. The van der Waals surface area contributed by atoms with Gasteiger partial charge in [0.15, 0.2) is 0 Å². The number of likely N-dealkylation sites (tertiary alicyclic amines) is 1. The third kappa shape index (κ3) is 6.06. The van der Waals surface area contributed by atoms with Crippen molar-refractivity contribution in [1.29, 1.82) is 0 Å². The molecule has 0 aliphatic carbocycles. The highest BCUT2D eigenvalue weighted by Crippen LogP contribution is 2.25. The molecule has 30 heavy (non-hydrogen) atoms. The van der Waals surface area contributed by atoms with E-state index < -0.39 is 0 Å². The van der Waals surface area contributed by atoms with Crippen LogP contribution in [0.5, 0.6) is 0 Å². The number of nitrogens with one attached hydrogen (secondary N) is 2. The van der Waals surface area contributed by atoms with Gasteiger partial charge in [-0.15, -0.1) is 11.8 Å². The highest BCUT2D eigenvalue weighted by atomic mass is 32.2. The van der Waals surface area contributed by atoms with Gasteiger partial charge < -0.3 is 15.5 Å². The van der Waals surface area contributed by atoms with Crippen molar-refractivity contribution >= 4 is 35.2 Å². The van der Waals surface area contributed by atoms with Crippen LogP contribution in [0, 0.1) is 0 Å². The van der Waals surface area contributed by atoms with E-state index in [4.69, 9.17) is 0 Å². The van der Waals surface area contributed by atoms with Crippen LogP contribution < -0.4 is 10.6 Å². The molecule has 0 saturated carbocycles. The van der Waals surface area contributed by atoms with E-state index in [0.717, 1.165) is 23.4 Å². The van der Waals surface area contributed by atoms with Crippen molar-refractivity contribution in [1.82, 2.24) is 15.2 Å². The molecular weight excluding hydrogens is 400 g/mol. The topological polar surface area (TPSA) is 91.4 Å². The van der Waals surface area contributed by atoms with Crippen molar-refractivity contribution < 1.29 is 14.4 Å². The first-order valence-electron chi connectivity index (χ1n) is 9.96. The molecule has 1 saturated heterocycles. The summed E-state index contributed by atoms with van der Waals surface area (Å²) in [5.41, 5.74) is 1.37. The van der Waals surface area contributed by atoms with Crippen LogP contribution in [-0.2, 0) is 9.59 Å². The molecule has 1 aliphatic heterocycles. The maximum Gasteiger partial charge on any atom is 0.253 e. The number of amides is 3. The fourth-order valence-electron chi connectivity index (χ4n) is 3.30. The lowest BCUT2D eigenvalue weighted by Crippen LogP contribution is -2.48. The Hall–Kier alpha value is -2.87. The maximum absolute atomic E-state index is 12.6. The van der Waals surface area contributed by atoms with Gasteiger partial charge in [0, 0.05) is 54.6 Å². The molecule has 8 heteroatoms. The van der Waals surface area contributed by atoms with Crippen LogP contribution in [0.15, 0.2) is 53.7 Å². The number of thioether (sulfide) groups is 1. The number of carbonyl (C=O) groups excluding carboxylic acids is 3. The van der Waals surface area contributed by atoms with Gasteiger partial charge in [0.1, 0.15) is 0 Å². The van der Waals surface area contributed by atoms with Crippen molar-refractivity contribution in [2.45, 2.75) is 42.9 Å². The number of piperidine rings is 1. The predicted octanol–water partition coefficient (Wildman–Crippen LogP) is 2.94. The molecule has 0 unspecified atom stereocenters. The summed E-state index contributed by atoms with van der Waals surface area (Å²) in [6, 6.07) is 10.9. The summed E-state index contributed by atoms with van der Waals surface area (Å²) in [5.74, 6) is -0.115. The largest absolute Gasteiger partial charge is 0.352 e. The summed E-state index contributed by atoms with van der Waals surface area (Å²) in [7, 11) is 0. The molecule has 1 fully saturated rings. The molecule has 1 atom stereocenters. The van der Waals surface area contributed by atoms with Crippen molar-refractivity contribution in [3.05, 3.63) is 54.4 Å². The Morgan fingerprint density at radius 2 is 1.70 bits per heavy atom. The molecule has 0 bridgehead atoms. The molecule has 0 spiro atoms. The average Bonchev–Trinajstić information content (AvgIpc) is 2.75. The zero-order valence-electron chi connectivity index (χ0n) is 17.1. The van der Waals surface area contributed by atoms with E-state index in [2.05, 4.69) is 15.6 Å². The molecule has 1 aromatic carbocycles. The Kier molecular flexibility index (Phi) is 7.46. The zero-order chi connectivity index (χ0) is 21.5. The van der Waals surface area contributed by atoms with Gasteiger partial charge in [-0.05, 0) is 56.2 Å². The number of rotatable bonds is 6. The third-order valence-corrected chi connectivity index (χ3v) is 6.02. The van der Waals surface area contributed by atoms with Crippen LogP contribution in [-0.4, -0.2) is 52.0 Å². The molecule has 7 nitrogen and oxygen atoms in total. The molecule has 0 radical (unpaired) electrons. The van der Waals surface area contributed by atoms with E-state index in [1.54, 1.807) is 24.5 Å². The van der Waals surface area contributed by atoms with Crippen LogP contribution in [0.3, 0.4) is 0 Å². The summed E-state index contributed by atoms with van der Waals surface area (Å²) in [5, 5.41) is 5.59. The number of hydrogen-bond acceptors (Lipinski definition) is 5. The number of anilines is 1. The van der Waals surface area contributed by atoms with Gasteiger partial charge in [-0.25, -0.2) is 0 Å². The van der Waals surface area contributed by atoms with Gasteiger partial charge in [-0.1, -0.05) is 0 Å². The summed E-state index contributed by atoms with van der Waals surface area (Å²) in [4.78, 5) is 42.9. The summed E-state index contributed by atoms with van der Waals surface area (Å²) < 4.78 is 0. The second-order valence-corrected chi connectivity index (χ2v) is 8.69. The Morgan fingerprint density at radius 1 is 1.07 bits per heavy atom.